The van der Waals surface area contributed by atoms with Gasteiger partial charge in [-0.05, 0) is 43.2 Å². The van der Waals surface area contributed by atoms with Crippen molar-refractivity contribution in [2.45, 2.75) is 44.4 Å². The topological polar surface area (TPSA) is 92.4 Å². The molecule has 0 unspecified atom stereocenters. The molecule has 35 heavy (non-hydrogen) atoms. The fourth-order valence-corrected chi connectivity index (χ4v) is 4.68. The molecule has 1 saturated carbocycles. The quantitative estimate of drug-likeness (QED) is 0.382. The molecule has 0 aliphatic heterocycles. The molecule has 0 radical (unpaired) electrons. The smallest absolute Gasteiger partial charge is 0.319 e. The second-order valence-corrected chi connectivity index (χ2v) is 9.39. The number of halogens is 3. The van der Waals surface area contributed by atoms with Crippen LogP contribution < -0.4 is 20.7 Å². The van der Waals surface area contributed by atoms with E-state index in [1.54, 1.807) is 17.5 Å². The fourth-order valence-electron chi connectivity index (χ4n) is 3.81. The second-order valence-electron chi connectivity index (χ2n) is 8.04. The Labute approximate surface area is 209 Å². The number of hydrogen-bond donors (Lipinski definition) is 3. The first kappa shape index (κ1) is 24.9. The van der Waals surface area contributed by atoms with Gasteiger partial charge in [0.05, 0.1) is 11.1 Å². The molecule has 7 nitrogen and oxygen atoms in total. The maximum atomic E-state index is 13.7. The van der Waals surface area contributed by atoms with Crippen molar-refractivity contribution in [3.63, 3.8) is 0 Å². The number of thiazole rings is 1. The number of para-hydroxylation sites is 1. The lowest BCUT2D eigenvalue weighted by Crippen LogP contribution is -2.54. The van der Waals surface area contributed by atoms with Gasteiger partial charge in [0.2, 0.25) is 0 Å². The fraction of sp³-hybridized carbons (Fsp3) is 0.292. The number of ether oxygens (including phenoxy) is 1. The number of aromatic nitrogens is 1. The molecule has 1 aromatic heterocycles. The van der Waals surface area contributed by atoms with Crippen LogP contribution in [0.2, 0.25) is 5.02 Å². The summed E-state index contributed by atoms with van der Waals surface area (Å²) < 4.78 is 32.5. The number of anilines is 1. The molecule has 1 heterocycles. The van der Waals surface area contributed by atoms with Gasteiger partial charge in [0, 0.05) is 17.1 Å². The monoisotopic (exact) mass is 520 g/mol. The largest absolute Gasteiger partial charge is 0.483 e. The zero-order valence-electron chi connectivity index (χ0n) is 18.5. The number of carbonyl (C=O) groups excluding carboxylic acids is 2. The molecule has 11 heteroatoms. The van der Waals surface area contributed by atoms with Crippen LogP contribution in [0.4, 0.5) is 19.3 Å². The predicted octanol–water partition coefficient (Wildman–Crippen LogP) is 5.52. The first-order chi connectivity index (χ1) is 16.9. The number of carbonyl (C=O) groups is 2. The lowest BCUT2D eigenvalue weighted by atomic mass is 9.90. The number of benzene rings is 2. The second kappa shape index (κ2) is 11.5. The van der Waals surface area contributed by atoms with Crippen molar-refractivity contribution in [2.24, 2.45) is 0 Å². The Kier molecular flexibility index (Phi) is 8.14. The molecule has 1 fully saturated rings. The van der Waals surface area contributed by atoms with Crippen molar-refractivity contribution in [3.05, 3.63) is 75.2 Å². The van der Waals surface area contributed by atoms with E-state index in [0.29, 0.717) is 23.5 Å². The summed E-state index contributed by atoms with van der Waals surface area (Å²) in [5, 5.41) is 10.5. The van der Waals surface area contributed by atoms with Crippen LogP contribution in [0.15, 0.2) is 47.8 Å². The minimum absolute atomic E-state index is 0.0417. The predicted molar refractivity (Wildman–Crippen MR) is 130 cm³/mol. The minimum Gasteiger partial charge on any atom is -0.483 e. The van der Waals surface area contributed by atoms with Gasteiger partial charge in [-0.15, -0.1) is 11.3 Å². The third kappa shape index (κ3) is 6.67. The highest BCUT2D eigenvalue weighted by molar-refractivity contribution is 7.09. The third-order valence-corrected chi connectivity index (χ3v) is 6.66. The minimum atomic E-state index is -0.573. The van der Waals surface area contributed by atoms with Gasteiger partial charge >= 0.3 is 6.03 Å². The first-order valence-electron chi connectivity index (χ1n) is 11.0. The van der Waals surface area contributed by atoms with Gasteiger partial charge in [0.1, 0.15) is 23.1 Å². The van der Waals surface area contributed by atoms with Crippen LogP contribution in [0.25, 0.3) is 0 Å². The molecule has 3 amide bonds. The molecule has 1 aliphatic carbocycles. The molecule has 2 atom stereocenters. The molecule has 4 rings (SSSR count). The Balaban J connectivity index is 1.32. The summed E-state index contributed by atoms with van der Waals surface area (Å²) in [5.74, 6) is -1.28. The molecular formula is C24H23ClF2N4O3S. The van der Waals surface area contributed by atoms with Gasteiger partial charge in [0.15, 0.2) is 11.6 Å². The van der Waals surface area contributed by atoms with E-state index in [1.165, 1.54) is 41.7 Å². The summed E-state index contributed by atoms with van der Waals surface area (Å²) in [4.78, 5) is 29.6. The average molecular weight is 521 g/mol. The van der Waals surface area contributed by atoms with Gasteiger partial charge in [0.25, 0.3) is 5.91 Å². The van der Waals surface area contributed by atoms with E-state index in [-0.39, 0.29) is 41.1 Å². The summed E-state index contributed by atoms with van der Waals surface area (Å²) in [7, 11) is 0. The summed E-state index contributed by atoms with van der Waals surface area (Å²) >= 11 is 7.01. The molecule has 3 N–H and O–H groups in total. The number of nitrogens with one attached hydrogen (secondary N) is 3. The van der Waals surface area contributed by atoms with E-state index >= 15 is 0 Å². The molecule has 3 aromatic rings. The lowest BCUT2D eigenvalue weighted by molar-refractivity contribution is 0.0911. The van der Waals surface area contributed by atoms with E-state index < -0.39 is 17.7 Å². The van der Waals surface area contributed by atoms with Gasteiger partial charge in [-0.3, -0.25) is 4.79 Å². The third-order valence-electron chi connectivity index (χ3n) is 5.55. The van der Waals surface area contributed by atoms with Crippen LogP contribution >= 0.6 is 22.9 Å². The van der Waals surface area contributed by atoms with Gasteiger partial charge < -0.3 is 20.7 Å². The SMILES string of the molecule is O=C(Nc1ccc(F)c(Cl)c1)N[C@@H]1CCCC[C@H]1NC(=O)c1csc(COc2ccccc2F)n1. The molecule has 0 spiro atoms. The zero-order chi connectivity index (χ0) is 24.8. The molecular weight excluding hydrogens is 498 g/mol. The van der Waals surface area contributed by atoms with Crippen LogP contribution in [-0.2, 0) is 6.61 Å². The van der Waals surface area contributed by atoms with Crippen molar-refractivity contribution in [1.82, 2.24) is 15.6 Å². The lowest BCUT2D eigenvalue weighted by Gasteiger charge is -2.32. The van der Waals surface area contributed by atoms with Crippen LogP contribution in [0.1, 0.15) is 41.2 Å². The van der Waals surface area contributed by atoms with Crippen LogP contribution in [-0.4, -0.2) is 29.0 Å². The van der Waals surface area contributed by atoms with E-state index in [4.69, 9.17) is 16.3 Å². The molecule has 2 aromatic carbocycles. The number of amides is 3. The summed E-state index contributed by atoms with van der Waals surface area (Å²) in [6, 6.07) is 8.94. The highest BCUT2D eigenvalue weighted by Gasteiger charge is 2.29. The highest BCUT2D eigenvalue weighted by atomic mass is 35.5. The van der Waals surface area contributed by atoms with Gasteiger partial charge in [-0.2, -0.15) is 0 Å². The number of nitrogens with zero attached hydrogens (tertiary/aromatic N) is 1. The van der Waals surface area contributed by atoms with E-state index in [1.807, 2.05) is 0 Å². The van der Waals surface area contributed by atoms with Crippen molar-refractivity contribution in [2.75, 3.05) is 5.32 Å². The van der Waals surface area contributed by atoms with Gasteiger partial charge in [-0.25, -0.2) is 18.6 Å². The maximum Gasteiger partial charge on any atom is 0.319 e. The maximum absolute atomic E-state index is 13.7. The van der Waals surface area contributed by atoms with Crippen molar-refractivity contribution < 1.29 is 23.1 Å². The molecule has 0 bridgehead atoms. The van der Waals surface area contributed by atoms with E-state index in [2.05, 4.69) is 20.9 Å². The molecule has 0 saturated heterocycles. The van der Waals surface area contributed by atoms with Crippen LogP contribution in [0.3, 0.4) is 0 Å². The standard InChI is InChI=1S/C24H23ClF2N4O3S/c25-15-11-14(9-10-16(15)26)28-24(33)31-19-7-3-2-6-18(19)30-23(32)20-13-35-22(29-20)12-34-21-8-4-1-5-17(21)27/h1,4-5,8-11,13,18-19H,2-3,6-7,12H2,(H,30,32)(H2,28,31,33)/t18-,19-/m1/s1. The molecule has 184 valence electrons. The Morgan fingerprint density at radius 1 is 1.06 bits per heavy atom. The Hall–Kier alpha value is -3.24. The zero-order valence-corrected chi connectivity index (χ0v) is 20.1. The van der Waals surface area contributed by atoms with Crippen molar-refractivity contribution in [3.8, 4) is 5.75 Å². The summed E-state index contributed by atoms with van der Waals surface area (Å²) in [6.07, 6.45) is 3.22. The Morgan fingerprint density at radius 2 is 1.80 bits per heavy atom. The number of rotatable bonds is 7. The normalized spacial score (nSPS) is 17.5. The summed E-state index contributed by atoms with van der Waals surface area (Å²) in [6.45, 7) is 0.0417. The highest BCUT2D eigenvalue weighted by Crippen LogP contribution is 2.22. The Morgan fingerprint density at radius 3 is 2.54 bits per heavy atom. The first-order valence-corrected chi connectivity index (χ1v) is 12.3. The van der Waals surface area contributed by atoms with E-state index in [0.717, 1.165) is 12.8 Å². The van der Waals surface area contributed by atoms with Crippen molar-refractivity contribution in [1.29, 1.82) is 0 Å². The van der Waals surface area contributed by atoms with Gasteiger partial charge in [-0.1, -0.05) is 36.6 Å². The Bertz CT molecular complexity index is 1210. The summed E-state index contributed by atoms with van der Waals surface area (Å²) in [5.41, 5.74) is 0.592. The number of hydrogen-bond acceptors (Lipinski definition) is 5. The van der Waals surface area contributed by atoms with Crippen LogP contribution in [0, 0.1) is 11.6 Å². The van der Waals surface area contributed by atoms with E-state index in [9.17, 15) is 18.4 Å². The van der Waals surface area contributed by atoms with Crippen molar-refractivity contribution >= 4 is 40.6 Å². The van der Waals surface area contributed by atoms with Crippen LogP contribution in [0.5, 0.6) is 5.75 Å². The average Bonchev–Trinajstić information content (AvgIpc) is 3.31. The number of urea groups is 1. The molecule has 1 aliphatic rings.